The maximum Gasteiger partial charge on any atom is 0.118 e. The first-order valence-corrected chi connectivity index (χ1v) is 6.58. The van der Waals surface area contributed by atoms with Crippen molar-refractivity contribution in [3.05, 3.63) is 23.8 Å². The van der Waals surface area contributed by atoms with Crippen LogP contribution in [0.3, 0.4) is 0 Å². The van der Waals surface area contributed by atoms with Crippen molar-refractivity contribution < 1.29 is 5.11 Å². The van der Waals surface area contributed by atoms with E-state index in [1.165, 1.54) is 11.3 Å². The summed E-state index contributed by atoms with van der Waals surface area (Å²) in [5, 5.41) is 13.1. The van der Waals surface area contributed by atoms with E-state index in [9.17, 15) is 5.11 Å². The second-order valence-electron chi connectivity index (χ2n) is 4.06. The Kier molecular flexibility index (Phi) is 3.54. The standard InChI is InChI=1S/C12H17NOS/c1-15-11-2-3-12(14)10(7-11)6-9-4-5-13-8-9/h2-3,7,9,13-14H,4-6,8H2,1H3. The van der Waals surface area contributed by atoms with Gasteiger partial charge in [-0.1, -0.05) is 0 Å². The molecule has 3 heteroatoms. The van der Waals surface area contributed by atoms with E-state index in [2.05, 4.69) is 17.6 Å². The molecule has 0 spiro atoms. The first-order chi connectivity index (χ1) is 7.29. The van der Waals surface area contributed by atoms with Gasteiger partial charge in [0.25, 0.3) is 0 Å². The van der Waals surface area contributed by atoms with Gasteiger partial charge in [0.1, 0.15) is 5.75 Å². The molecule has 0 amide bonds. The van der Waals surface area contributed by atoms with Crippen LogP contribution in [0.2, 0.25) is 0 Å². The number of benzene rings is 1. The Labute approximate surface area is 95.1 Å². The van der Waals surface area contributed by atoms with Gasteiger partial charge in [-0.25, -0.2) is 0 Å². The lowest BCUT2D eigenvalue weighted by molar-refractivity contribution is 0.458. The van der Waals surface area contributed by atoms with Gasteiger partial charge < -0.3 is 10.4 Å². The quantitative estimate of drug-likeness (QED) is 0.771. The number of hydrogen-bond donors (Lipinski definition) is 2. The minimum absolute atomic E-state index is 0.444. The molecule has 1 aromatic rings. The molecule has 1 unspecified atom stereocenters. The second kappa shape index (κ2) is 4.90. The van der Waals surface area contributed by atoms with Crippen LogP contribution in [-0.2, 0) is 6.42 Å². The van der Waals surface area contributed by atoms with Crippen molar-refractivity contribution in [3.8, 4) is 5.75 Å². The summed E-state index contributed by atoms with van der Waals surface area (Å²) in [4.78, 5) is 1.23. The summed E-state index contributed by atoms with van der Waals surface area (Å²) in [6, 6.07) is 5.89. The first kappa shape index (κ1) is 10.8. The van der Waals surface area contributed by atoms with Crippen LogP contribution in [0.15, 0.2) is 23.1 Å². The summed E-state index contributed by atoms with van der Waals surface area (Å²) in [7, 11) is 0. The van der Waals surface area contributed by atoms with E-state index in [1.54, 1.807) is 11.8 Å². The molecule has 0 radical (unpaired) electrons. The van der Waals surface area contributed by atoms with E-state index in [0.29, 0.717) is 11.7 Å². The van der Waals surface area contributed by atoms with Crippen LogP contribution >= 0.6 is 11.8 Å². The Morgan fingerprint density at radius 3 is 3.07 bits per heavy atom. The van der Waals surface area contributed by atoms with Crippen molar-refractivity contribution in [1.29, 1.82) is 0 Å². The van der Waals surface area contributed by atoms with Gasteiger partial charge >= 0.3 is 0 Å². The highest BCUT2D eigenvalue weighted by Crippen LogP contribution is 2.27. The number of phenols is 1. The number of rotatable bonds is 3. The van der Waals surface area contributed by atoms with Gasteiger partial charge in [-0.2, -0.15) is 0 Å². The van der Waals surface area contributed by atoms with Crippen molar-refractivity contribution in [1.82, 2.24) is 5.32 Å². The zero-order valence-electron chi connectivity index (χ0n) is 8.99. The molecular weight excluding hydrogens is 206 g/mol. The van der Waals surface area contributed by atoms with Crippen LogP contribution in [-0.4, -0.2) is 24.5 Å². The summed E-state index contributed by atoms with van der Waals surface area (Å²) >= 11 is 1.72. The molecular formula is C12H17NOS. The highest BCUT2D eigenvalue weighted by molar-refractivity contribution is 7.98. The minimum Gasteiger partial charge on any atom is -0.508 e. The highest BCUT2D eigenvalue weighted by atomic mass is 32.2. The molecule has 1 heterocycles. The van der Waals surface area contributed by atoms with Crippen LogP contribution in [0, 0.1) is 5.92 Å². The average molecular weight is 223 g/mol. The van der Waals surface area contributed by atoms with E-state index in [4.69, 9.17) is 0 Å². The minimum atomic E-state index is 0.444. The SMILES string of the molecule is CSc1ccc(O)c(CC2CCNC2)c1. The van der Waals surface area contributed by atoms with Gasteiger partial charge in [-0.05, 0) is 61.9 Å². The van der Waals surface area contributed by atoms with E-state index in [-0.39, 0.29) is 0 Å². The Bertz CT molecular complexity index is 334. The van der Waals surface area contributed by atoms with E-state index in [0.717, 1.165) is 25.1 Å². The molecule has 1 atom stereocenters. The lowest BCUT2D eigenvalue weighted by Gasteiger charge is -2.10. The summed E-state index contributed by atoms with van der Waals surface area (Å²) in [6.07, 6.45) is 4.28. The lowest BCUT2D eigenvalue weighted by Crippen LogP contribution is -2.10. The van der Waals surface area contributed by atoms with Crippen molar-refractivity contribution in [2.75, 3.05) is 19.3 Å². The van der Waals surface area contributed by atoms with Crippen molar-refractivity contribution >= 4 is 11.8 Å². The molecule has 1 aliphatic rings. The lowest BCUT2D eigenvalue weighted by atomic mass is 9.98. The fraction of sp³-hybridized carbons (Fsp3) is 0.500. The number of phenolic OH excluding ortho intramolecular Hbond substituents is 1. The summed E-state index contributed by atoms with van der Waals surface area (Å²) in [5.41, 5.74) is 1.09. The van der Waals surface area contributed by atoms with E-state index in [1.807, 2.05) is 12.1 Å². The fourth-order valence-electron chi connectivity index (χ4n) is 2.05. The van der Waals surface area contributed by atoms with Gasteiger partial charge in [-0.15, -0.1) is 11.8 Å². The molecule has 2 nitrogen and oxygen atoms in total. The van der Waals surface area contributed by atoms with Crippen LogP contribution in [0.1, 0.15) is 12.0 Å². The molecule has 0 aliphatic carbocycles. The number of hydrogen-bond acceptors (Lipinski definition) is 3. The predicted octanol–water partition coefficient (Wildman–Crippen LogP) is 2.27. The molecule has 2 rings (SSSR count). The molecule has 1 fully saturated rings. The van der Waals surface area contributed by atoms with Crippen molar-refractivity contribution in [3.63, 3.8) is 0 Å². The largest absolute Gasteiger partial charge is 0.508 e. The van der Waals surface area contributed by atoms with Crippen LogP contribution in [0.4, 0.5) is 0 Å². The van der Waals surface area contributed by atoms with Crippen molar-refractivity contribution in [2.24, 2.45) is 5.92 Å². The average Bonchev–Trinajstić information content (AvgIpc) is 2.74. The van der Waals surface area contributed by atoms with Crippen LogP contribution in [0.5, 0.6) is 5.75 Å². The highest BCUT2D eigenvalue weighted by Gasteiger charge is 2.16. The topological polar surface area (TPSA) is 32.3 Å². The van der Waals surface area contributed by atoms with Gasteiger partial charge in [-0.3, -0.25) is 0 Å². The normalized spacial score (nSPS) is 20.7. The first-order valence-electron chi connectivity index (χ1n) is 5.36. The van der Waals surface area contributed by atoms with Crippen LogP contribution < -0.4 is 5.32 Å². The molecule has 15 heavy (non-hydrogen) atoms. The van der Waals surface area contributed by atoms with Gasteiger partial charge in [0, 0.05) is 4.90 Å². The molecule has 1 aromatic carbocycles. The molecule has 1 saturated heterocycles. The monoisotopic (exact) mass is 223 g/mol. The van der Waals surface area contributed by atoms with Gasteiger partial charge in [0.05, 0.1) is 0 Å². The van der Waals surface area contributed by atoms with E-state index < -0.39 is 0 Å². The number of thioether (sulfide) groups is 1. The molecule has 0 aromatic heterocycles. The second-order valence-corrected chi connectivity index (χ2v) is 4.94. The van der Waals surface area contributed by atoms with Gasteiger partial charge in [0.15, 0.2) is 0 Å². The molecule has 2 N–H and O–H groups in total. The maximum atomic E-state index is 9.76. The third-order valence-corrected chi connectivity index (χ3v) is 3.68. The summed E-state index contributed by atoms with van der Waals surface area (Å²) in [6.45, 7) is 2.20. The predicted molar refractivity (Wildman–Crippen MR) is 64.6 cm³/mol. The Morgan fingerprint density at radius 1 is 1.53 bits per heavy atom. The third-order valence-electron chi connectivity index (χ3n) is 2.96. The maximum absolute atomic E-state index is 9.76. The fourth-order valence-corrected chi connectivity index (χ4v) is 2.52. The van der Waals surface area contributed by atoms with E-state index >= 15 is 0 Å². The molecule has 0 bridgehead atoms. The molecule has 82 valence electrons. The summed E-state index contributed by atoms with van der Waals surface area (Å²) in [5.74, 6) is 1.13. The van der Waals surface area contributed by atoms with Crippen molar-refractivity contribution in [2.45, 2.75) is 17.7 Å². The number of aromatic hydroxyl groups is 1. The smallest absolute Gasteiger partial charge is 0.118 e. The zero-order chi connectivity index (χ0) is 10.7. The molecule has 1 aliphatic heterocycles. The Hall–Kier alpha value is -0.670. The third kappa shape index (κ3) is 2.67. The zero-order valence-corrected chi connectivity index (χ0v) is 9.81. The van der Waals surface area contributed by atoms with Gasteiger partial charge in [0.2, 0.25) is 0 Å². The molecule has 0 saturated carbocycles. The Balaban J connectivity index is 2.11. The summed E-state index contributed by atoms with van der Waals surface area (Å²) < 4.78 is 0. The number of nitrogens with one attached hydrogen (secondary N) is 1. The van der Waals surface area contributed by atoms with Crippen LogP contribution in [0.25, 0.3) is 0 Å². The Morgan fingerprint density at radius 2 is 2.40 bits per heavy atom.